The molecule has 0 radical (unpaired) electrons. The van der Waals surface area contributed by atoms with Crippen LogP contribution in [0.2, 0.25) is 0 Å². The molecule has 0 fully saturated rings. The molecule has 0 saturated heterocycles. The van der Waals surface area contributed by atoms with Crippen LogP contribution in [0.25, 0.3) is 0 Å². The van der Waals surface area contributed by atoms with E-state index in [1.54, 1.807) is 13.8 Å². The summed E-state index contributed by atoms with van der Waals surface area (Å²) in [6.07, 6.45) is 2.38. The van der Waals surface area contributed by atoms with Gasteiger partial charge in [-0.3, -0.25) is 0 Å². The molecule has 1 rings (SSSR count). The van der Waals surface area contributed by atoms with Gasteiger partial charge in [0.15, 0.2) is 0 Å². The predicted molar refractivity (Wildman–Crippen MR) is 76.7 cm³/mol. The molecule has 0 heterocycles. The van der Waals surface area contributed by atoms with E-state index in [0.29, 0.717) is 18.8 Å². The van der Waals surface area contributed by atoms with Gasteiger partial charge in [0.2, 0.25) is 0 Å². The van der Waals surface area contributed by atoms with Crippen LogP contribution in [0.1, 0.15) is 27.2 Å². The van der Waals surface area contributed by atoms with Crippen molar-refractivity contribution in [2.45, 2.75) is 27.2 Å². The third-order valence-corrected chi connectivity index (χ3v) is 1.85. The molecule has 0 saturated carbocycles. The third kappa shape index (κ3) is 12.4. The zero-order chi connectivity index (χ0) is 13.6. The van der Waals surface area contributed by atoms with Crippen molar-refractivity contribution in [2.75, 3.05) is 13.2 Å². The van der Waals surface area contributed by atoms with Crippen LogP contribution in [-0.2, 0) is 14.3 Å². The smallest absolute Gasteiger partial charge is 0.336 e. The standard InChI is InChI=1S/C9H16O3.C6H6.H2O/c1-4-6-11-7-8(3)9(10)12-5-2;1-2-4-6-5-3-1;/h7H,4-6H2,1-3H3;1-6H;1H2. The van der Waals surface area contributed by atoms with E-state index >= 15 is 0 Å². The molecule has 0 bridgehead atoms. The Morgan fingerprint density at radius 3 is 1.89 bits per heavy atom. The fourth-order valence-electron chi connectivity index (χ4n) is 0.980. The number of carbonyl (C=O) groups excluding carboxylic acids is 1. The Kier molecular flexibility index (Phi) is 14.6. The largest absolute Gasteiger partial charge is 0.501 e. The normalized spacial score (nSPS) is 9.53. The van der Waals surface area contributed by atoms with Crippen LogP contribution in [-0.4, -0.2) is 24.7 Å². The lowest BCUT2D eigenvalue weighted by Gasteiger charge is -2.01. The minimum absolute atomic E-state index is 0. The average molecular weight is 268 g/mol. The summed E-state index contributed by atoms with van der Waals surface area (Å²) in [6.45, 7) is 6.49. The Hall–Kier alpha value is -1.81. The fraction of sp³-hybridized carbons (Fsp3) is 0.400. The van der Waals surface area contributed by atoms with E-state index in [9.17, 15) is 4.79 Å². The summed E-state index contributed by atoms with van der Waals surface area (Å²) in [5.74, 6) is -0.311. The van der Waals surface area contributed by atoms with Gasteiger partial charge in [0, 0.05) is 0 Å². The van der Waals surface area contributed by atoms with Crippen molar-refractivity contribution in [1.82, 2.24) is 0 Å². The summed E-state index contributed by atoms with van der Waals surface area (Å²) >= 11 is 0. The number of hydrogen-bond acceptors (Lipinski definition) is 3. The molecule has 2 N–H and O–H groups in total. The predicted octanol–water partition coefficient (Wildman–Crippen LogP) is 2.74. The zero-order valence-electron chi connectivity index (χ0n) is 11.9. The first-order valence-corrected chi connectivity index (χ1v) is 6.17. The molecule has 4 heteroatoms. The Balaban J connectivity index is 0. The molecular weight excluding hydrogens is 244 g/mol. The van der Waals surface area contributed by atoms with E-state index in [-0.39, 0.29) is 11.4 Å². The maximum absolute atomic E-state index is 11.0. The molecule has 0 aliphatic rings. The molecule has 0 amide bonds. The first-order valence-electron chi connectivity index (χ1n) is 6.17. The zero-order valence-corrected chi connectivity index (χ0v) is 11.9. The van der Waals surface area contributed by atoms with E-state index in [1.165, 1.54) is 6.26 Å². The van der Waals surface area contributed by atoms with Crippen molar-refractivity contribution < 1.29 is 19.7 Å². The highest BCUT2D eigenvalue weighted by molar-refractivity contribution is 5.87. The Labute approximate surface area is 115 Å². The molecule has 0 aliphatic carbocycles. The Morgan fingerprint density at radius 2 is 1.53 bits per heavy atom. The monoisotopic (exact) mass is 268 g/mol. The van der Waals surface area contributed by atoms with E-state index in [4.69, 9.17) is 9.47 Å². The van der Waals surface area contributed by atoms with Gasteiger partial charge < -0.3 is 14.9 Å². The van der Waals surface area contributed by atoms with Gasteiger partial charge in [-0.05, 0) is 20.3 Å². The quantitative estimate of drug-likeness (QED) is 0.357. The van der Waals surface area contributed by atoms with Gasteiger partial charge in [0.25, 0.3) is 0 Å². The fourth-order valence-corrected chi connectivity index (χ4v) is 0.980. The van der Waals surface area contributed by atoms with Crippen LogP contribution in [0.15, 0.2) is 48.2 Å². The van der Waals surface area contributed by atoms with Crippen molar-refractivity contribution in [3.8, 4) is 0 Å². The average Bonchev–Trinajstić information content (AvgIpc) is 2.42. The summed E-state index contributed by atoms with van der Waals surface area (Å²) in [5.41, 5.74) is 0.505. The molecule has 1 aromatic rings. The van der Waals surface area contributed by atoms with Crippen LogP contribution >= 0.6 is 0 Å². The van der Waals surface area contributed by atoms with Crippen molar-refractivity contribution in [1.29, 1.82) is 0 Å². The maximum Gasteiger partial charge on any atom is 0.336 e. The summed E-state index contributed by atoms with van der Waals surface area (Å²) in [4.78, 5) is 11.0. The van der Waals surface area contributed by atoms with E-state index in [0.717, 1.165) is 6.42 Å². The molecule has 0 aliphatic heterocycles. The van der Waals surface area contributed by atoms with Gasteiger partial charge in [-0.1, -0.05) is 43.3 Å². The summed E-state index contributed by atoms with van der Waals surface area (Å²) in [6, 6.07) is 12.0. The second-order valence-electron chi connectivity index (χ2n) is 3.55. The number of carbonyl (C=O) groups is 1. The van der Waals surface area contributed by atoms with Crippen LogP contribution < -0.4 is 0 Å². The van der Waals surface area contributed by atoms with Crippen molar-refractivity contribution in [3.05, 3.63) is 48.2 Å². The molecule has 4 nitrogen and oxygen atoms in total. The van der Waals surface area contributed by atoms with Gasteiger partial charge in [0.1, 0.15) is 0 Å². The van der Waals surface area contributed by atoms with Gasteiger partial charge in [-0.2, -0.15) is 0 Å². The van der Waals surface area contributed by atoms with Gasteiger partial charge in [-0.25, -0.2) is 4.79 Å². The lowest BCUT2D eigenvalue weighted by Crippen LogP contribution is -2.05. The van der Waals surface area contributed by atoms with Crippen LogP contribution in [0.5, 0.6) is 0 Å². The Morgan fingerprint density at radius 1 is 1.05 bits per heavy atom. The topological polar surface area (TPSA) is 67.0 Å². The molecule has 1 aromatic carbocycles. The van der Waals surface area contributed by atoms with Gasteiger partial charge >= 0.3 is 5.97 Å². The Bertz CT molecular complexity index is 307. The highest BCUT2D eigenvalue weighted by atomic mass is 16.5. The molecule has 108 valence electrons. The summed E-state index contributed by atoms with van der Waals surface area (Å²) < 4.78 is 9.80. The van der Waals surface area contributed by atoms with E-state index < -0.39 is 0 Å². The van der Waals surface area contributed by atoms with E-state index in [1.807, 2.05) is 43.3 Å². The van der Waals surface area contributed by atoms with Crippen molar-refractivity contribution in [2.24, 2.45) is 0 Å². The molecule has 0 spiro atoms. The molecule has 19 heavy (non-hydrogen) atoms. The number of ether oxygens (including phenoxy) is 2. The first kappa shape index (κ1) is 19.5. The maximum atomic E-state index is 11.0. The second-order valence-corrected chi connectivity index (χ2v) is 3.55. The van der Waals surface area contributed by atoms with Crippen molar-refractivity contribution in [3.63, 3.8) is 0 Å². The van der Waals surface area contributed by atoms with Gasteiger partial charge in [0.05, 0.1) is 25.0 Å². The second kappa shape index (κ2) is 14.3. The number of rotatable bonds is 5. The number of benzene rings is 1. The SMILES string of the molecule is CCCOC=C(C)C(=O)OCC.O.c1ccccc1. The third-order valence-electron chi connectivity index (χ3n) is 1.85. The van der Waals surface area contributed by atoms with Crippen LogP contribution in [0, 0.1) is 0 Å². The van der Waals surface area contributed by atoms with Gasteiger partial charge in [-0.15, -0.1) is 0 Å². The van der Waals surface area contributed by atoms with Crippen LogP contribution in [0.3, 0.4) is 0 Å². The summed E-state index contributed by atoms with van der Waals surface area (Å²) in [5, 5.41) is 0. The highest BCUT2D eigenvalue weighted by Crippen LogP contribution is 1.97. The molecule has 0 unspecified atom stereocenters. The summed E-state index contributed by atoms with van der Waals surface area (Å²) in [7, 11) is 0. The number of hydrogen-bond donors (Lipinski definition) is 0. The minimum Gasteiger partial charge on any atom is -0.501 e. The lowest BCUT2D eigenvalue weighted by atomic mass is 10.3. The molecule has 0 aromatic heterocycles. The van der Waals surface area contributed by atoms with Crippen LogP contribution in [0.4, 0.5) is 0 Å². The number of esters is 1. The minimum atomic E-state index is -0.311. The highest BCUT2D eigenvalue weighted by Gasteiger charge is 2.03. The lowest BCUT2D eigenvalue weighted by molar-refractivity contribution is -0.138. The molecule has 0 atom stereocenters. The first-order chi connectivity index (χ1) is 8.72. The van der Waals surface area contributed by atoms with E-state index in [2.05, 4.69) is 0 Å². The van der Waals surface area contributed by atoms with Crippen molar-refractivity contribution >= 4 is 5.97 Å². The molecular formula is C15H24O4.